The number of hydrogen-bond acceptors (Lipinski definition) is 4. The molecule has 0 unspecified atom stereocenters. The highest BCUT2D eigenvalue weighted by atomic mass is 32.2. The second-order valence-corrected chi connectivity index (χ2v) is 9.90. The monoisotopic (exact) mass is 434 g/mol. The van der Waals surface area contributed by atoms with E-state index in [-0.39, 0.29) is 24.8 Å². The van der Waals surface area contributed by atoms with E-state index in [0.29, 0.717) is 48.3 Å². The topological polar surface area (TPSA) is 73.8 Å². The van der Waals surface area contributed by atoms with Crippen LogP contribution < -0.4 is 0 Å². The molecule has 1 amide bonds. The molecule has 0 spiro atoms. The Morgan fingerprint density at radius 3 is 2.23 bits per heavy atom. The maximum atomic E-state index is 13.4. The predicted molar refractivity (Wildman–Crippen MR) is 113 cm³/mol. The van der Waals surface area contributed by atoms with Gasteiger partial charge < -0.3 is 4.90 Å². The smallest absolute Gasteiger partial charge is 0.282 e. The van der Waals surface area contributed by atoms with Crippen LogP contribution >= 0.6 is 0 Å². The van der Waals surface area contributed by atoms with Crippen LogP contribution in [-0.2, 0) is 10.2 Å². The van der Waals surface area contributed by atoms with Gasteiger partial charge in [-0.15, -0.1) is 0 Å². The van der Waals surface area contributed by atoms with Crippen molar-refractivity contribution in [2.75, 3.05) is 39.3 Å². The van der Waals surface area contributed by atoms with Gasteiger partial charge in [-0.2, -0.15) is 17.0 Å². The second kappa shape index (κ2) is 8.56. The molecule has 0 atom stereocenters. The van der Waals surface area contributed by atoms with E-state index < -0.39 is 10.2 Å². The molecule has 0 saturated carbocycles. The van der Waals surface area contributed by atoms with Crippen molar-refractivity contribution in [1.29, 1.82) is 0 Å². The quantitative estimate of drug-likeness (QED) is 0.744. The van der Waals surface area contributed by atoms with Crippen LogP contribution in [0.2, 0.25) is 0 Å². The highest BCUT2D eigenvalue weighted by molar-refractivity contribution is 7.86. The number of amides is 1. The average Bonchev–Trinajstić information content (AvgIpc) is 3.03. The number of halogens is 1. The maximum absolute atomic E-state index is 13.4. The van der Waals surface area contributed by atoms with E-state index in [2.05, 4.69) is 4.98 Å². The third-order valence-corrected chi connectivity index (χ3v) is 7.98. The summed E-state index contributed by atoms with van der Waals surface area (Å²) >= 11 is 0. The van der Waals surface area contributed by atoms with Gasteiger partial charge in [-0.05, 0) is 38.0 Å². The molecule has 0 aliphatic carbocycles. The zero-order valence-electron chi connectivity index (χ0n) is 17.2. The molecule has 2 aliphatic rings. The van der Waals surface area contributed by atoms with Gasteiger partial charge in [0.1, 0.15) is 5.82 Å². The SMILES string of the molecule is Cc1nc2cc(F)ccc2cc1C(=O)N1CCN(S(=O)(=O)N2CCCCCC2)CC1. The highest BCUT2D eigenvalue weighted by Crippen LogP contribution is 2.21. The molecular formula is C21H27FN4O3S. The fourth-order valence-corrected chi connectivity index (χ4v) is 5.85. The molecule has 2 saturated heterocycles. The Labute approximate surface area is 176 Å². The summed E-state index contributed by atoms with van der Waals surface area (Å²) in [5.74, 6) is -0.534. The van der Waals surface area contributed by atoms with Gasteiger partial charge in [-0.25, -0.2) is 4.39 Å². The Hall–Kier alpha value is -2.10. The first-order valence-electron chi connectivity index (χ1n) is 10.5. The largest absolute Gasteiger partial charge is 0.336 e. The van der Waals surface area contributed by atoms with Crippen LogP contribution in [0.15, 0.2) is 24.3 Å². The Bertz CT molecular complexity index is 1040. The van der Waals surface area contributed by atoms with Crippen molar-refractivity contribution in [3.8, 4) is 0 Å². The molecule has 2 aliphatic heterocycles. The number of benzene rings is 1. The Morgan fingerprint density at radius 1 is 0.933 bits per heavy atom. The van der Waals surface area contributed by atoms with E-state index in [9.17, 15) is 17.6 Å². The lowest BCUT2D eigenvalue weighted by atomic mass is 10.1. The van der Waals surface area contributed by atoms with E-state index in [1.807, 2.05) is 0 Å². The summed E-state index contributed by atoms with van der Waals surface area (Å²) in [6.45, 7) is 4.14. The molecule has 162 valence electrons. The van der Waals surface area contributed by atoms with Crippen molar-refractivity contribution in [2.24, 2.45) is 0 Å². The van der Waals surface area contributed by atoms with E-state index in [0.717, 1.165) is 25.7 Å². The summed E-state index contributed by atoms with van der Waals surface area (Å²) in [7, 11) is -3.48. The number of aromatic nitrogens is 1. The summed E-state index contributed by atoms with van der Waals surface area (Å²) in [6.07, 6.45) is 3.94. The number of fused-ring (bicyclic) bond motifs is 1. The predicted octanol–water partition coefficient (Wildman–Crippen LogP) is 2.56. The molecule has 1 aromatic heterocycles. The van der Waals surface area contributed by atoms with Crippen LogP contribution in [0.4, 0.5) is 4.39 Å². The number of rotatable bonds is 3. The molecule has 9 heteroatoms. The molecule has 0 radical (unpaired) electrons. The zero-order valence-corrected chi connectivity index (χ0v) is 18.0. The van der Waals surface area contributed by atoms with Crippen molar-refractivity contribution < 1.29 is 17.6 Å². The van der Waals surface area contributed by atoms with Crippen LogP contribution in [0.25, 0.3) is 10.9 Å². The minimum Gasteiger partial charge on any atom is -0.336 e. The van der Waals surface area contributed by atoms with Gasteiger partial charge in [-0.3, -0.25) is 9.78 Å². The van der Waals surface area contributed by atoms with Crippen LogP contribution in [-0.4, -0.2) is 72.1 Å². The van der Waals surface area contributed by atoms with Gasteiger partial charge in [0.25, 0.3) is 16.1 Å². The molecular weight excluding hydrogens is 407 g/mol. The zero-order chi connectivity index (χ0) is 21.3. The number of carbonyl (C=O) groups is 1. The Morgan fingerprint density at radius 2 is 1.57 bits per heavy atom. The van der Waals surface area contributed by atoms with Gasteiger partial charge in [0, 0.05) is 50.7 Å². The molecule has 0 bridgehead atoms. The van der Waals surface area contributed by atoms with E-state index in [1.54, 1.807) is 28.3 Å². The molecule has 1 aromatic carbocycles. The third-order valence-electron chi connectivity index (χ3n) is 5.94. The van der Waals surface area contributed by atoms with Gasteiger partial charge in [0.15, 0.2) is 0 Å². The second-order valence-electron chi connectivity index (χ2n) is 7.97. The van der Waals surface area contributed by atoms with Crippen molar-refractivity contribution in [1.82, 2.24) is 18.5 Å². The van der Waals surface area contributed by atoms with Crippen molar-refractivity contribution in [3.63, 3.8) is 0 Å². The Kier molecular flexibility index (Phi) is 6.04. The fraction of sp³-hybridized carbons (Fsp3) is 0.524. The lowest BCUT2D eigenvalue weighted by Crippen LogP contribution is -2.54. The number of piperazine rings is 1. The average molecular weight is 435 g/mol. The van der Waals surface area contributed by atoms with Crippen LogP contribution in [0.3, 0.4) is 0 Å². The molecule has 7 nitrogen and oxygen atoms in total. The molecule has 30 heavy (non-hydrogen) atoms. The molecule has 2 aromatic rings. The minimum absolute atomic E-state index is 0.168. The normalized spacial score (nSPS) is 19.7. The first-order valence-corrected chi connectivity index (χ1v) is 11.9. The van der Waals surface area contributed by atoms with Crippen molar-refractivity contribution >= 4 is 27.0 Å². The summed E-state index contributed by atoms with van der Waals surface area (Å²) in [5.41, 5.74) is 1.52. The first-order chi connectivity index (χ1) is 14.4. The number of pyridine rings is 1. The van der Waals surface area contributed by atoms with E-state index in [1.165, 1.54) is 16.4 Å². The maximum Gasteiger partial charge on any atom is 0.282 e. The molecule has 0 N–H and O–H groups in total. The van der Waals surface area contributed by atoms with Gasteiger partial charge in [0.2, 0.25) is 0 Å². The summed E-state index contributed by atoms with van der Waals surface area (Å²) in [4.78, 5) is 19.1. The molecule has 3 heterocycles. The van der Waals surface area contributed by atoms with Crippen LogP contribution in [0, 0.1) is 12.7 Å². The standard InChI is InChI=1S/C21H27FN4O3S/c1-16-19(14-17-6-7-18(22)15-20(17)23-16)21(27)24-10-12-26(13-11-24)30(28,29)25-8-4-2-3-5-9-25/h6-7,14-15H,2-5,8-13H2,1H3. The van der Waals surface area contributed by atoms with E-state index >= 15 is 0 Å². The van der Waals surface area contributed by atoms with Crippen molar-refractivity contribution in [3.05, 3.63) is 41.3 Å². The number of nitrogens with zero attached hydrogens (tertiary/aromatic N) is 4. The Balaban J connectivity index is 1.46. The summed E-state index contributed by atoms with van der Waals surface area (Å²) in [5, 5.41) is 0.702. The van der Waals surface area contributed by atoms with Gasteiger partial charge in [-0.1, -0.05) is 12.8 Å². The fourth-order valence-electron chi connectivity index (χ4n) is 4.18. The first kappa shape index (κ1) is 21.1. The minimum atomic E-state index is -3.48. The number of carbonyl (C=O) groups excluding carboxylic acids is 1. The number of hydrogen-bond donors (Lipinski definition) is 0. The molecule has 4 rings (SSSR count). The van der Waals surface area contributed by atoms with Gasteiger partial charge in [0.05, 0.1) is 16.8 Å². The number of aryl methyl sites for hydroxylation is 1. The summed E-state index contributed by atoms with van der Waals surface area (Å²) < 4.78 is 42.5. The van der Waals surface area contributed by atoms with E-state index in [4.69, 9.17) is 0 Å². The van der Waals surface area contributed by atoms with Gasteiger partial charge >= 0.3 is 0 Å². The van der Waals surface area contributed by atoms with Crippen molar-refractivity contribution in [2.45, 2.75) is 32.6 Å². The van der Waals surface area contributed by atoms with Crippen LogP contribution in [0.5, 0.6) is 0 Å². The lowest BCUT2D eigenvalue weighted by Gasteiger charge is -2.36. The lowest BCUT2D eigenvalue weighted by molar-refractivity contribution is 0.0693. The third kappa shape index (κ3) is 4.19. The van der Waals surface area contributed by atoms with Crippen LogP contribution in [0.1, 0.15) is 41.7 Å². The molecule has 2 fully saturated rings. The highest BCUT2D eigenvalue weighted by Gasteiger charge is 2.34. The summed E-state index contributed by atoms with van der Waals surface area (Å²) in [6, 6.07) is 6.04.